The van der Waals surface area contributed by atoms with Crippen molar-refractivity contribution in [3.05, 3.63) is 65.3 Å². The van der Waals surface area contributed by atoms with Gasteiger partial charge in [-0.25, -0.2) is 9.97 Å². The second-order valence-electron chi connectivity index (χ2n) is 5.94. The molecule has 0 aliphatic carbocycles. The van der Waals surface area contributed by atoms with Gasteiger partial charge in [-0.2, -0.15) is 0 Å². The number of amides is 1. The number of thiazole rings is 1. The fraction of sp³-hybridized carbons (Fsp3) is 0.100. The number of rotatable bonds is 4. The summed E-state index contributed by atoms with van der Waals surface area (Å²) in [4.78, 5) is 25.7. The van der Waals surface area contributed by atoms with Crippen LogP contribution in [0.4, 0.5) is 5.13 Å². The van der Waals surface area contributed by atoms with Crippen molar-refractivity contribution >= 4 is 33.4 Å². The van der Waals surface area contributed by atoms with Gasteiger partial charge in [0.1, 0.15) is 11.4 Å². The number of ether oxygens (including phenoxy) is 1. The molecule has 0 radical (unpaired) electrons. The number of aromatic nitrogens is 3. The van der Waals surface area contributed by atoms with Gasteiger partial charge in [0.15, 0.2) is 5.13 Å². The molecule has 4 rings (SSSR count). The first-order chi connectivity index (χ1) is 13.1. The zero-order valence-electron chi connectivity index (χ0n) is 14.8. The maximum absolute atomic E-state index is 12.5. The summed E-state index contributed by atoms with van der Waals surface area (Å²) in [6.07, 6.45) is 1.47. The minimum atomic E-state index is -0.342. The lowest BCUT2D eigenvalue weighted by atomic mass is 10.1. The fourth-order valence-corrected chi connectivity index (χ4v) is 3.41. The van der Waals surface area contributed by atoms with Gasteiger partial charge in [0, 0.05) is 10.9 Å². The van der Waals surface area contributed by atoms with Crippen molar-refractivity contribution in [2.45, 2.75) is 6.92 Å². The van der Waals surface area contributed by atoms with E-state index in [0.29, 0.717) is 10.6 Å². The lowest BCUT2D eigenvalue weighted by Gasteiger charge is -2.07. The molecule has 0 saturated carbocycles. The zero-order chi connectivity index (χ0) is 18.8. The van der Waals surface area contributed by atoms with E-state index in [4.69, 9.17) is 4.74 Å². The number of fused-ring (bicyclic) bond motifs is 1. The molecule has 27 heavy (non-hydrogen) atoms. The summed E-state index contributed by atoms with van der Waals surface area (Å²) in [6.45, 7) is 2.01. The van der Waals surface area contributed by atoms with Gasteiger partial charge in [-0.15, -0.1) is 11.3 Å². The van der Waals surface area contributed by atoms with Gasteiger partial charge in [-0.05, 0) is 31.2 Å². The highest BCUT2D eigenvalue weighted by molar-refractivity contribution is 7.14. The predicted octanol–water partition coefficient (Wildman–Crippen LogP) is 4.32. The number of carbonyl (C=O) groups excluding carboxylic acids is 1. The number of nitrogens with one attached hydrogen (secondary N) is 1. The highest BCUT2D eigenvalue weighted by atomic mass is 32.1. The fourth-order valence-electron chi connectivity index (χ4n) is 2.70. The highest BCUT2D eigenvalue weighted by Gasteiger charge is 2.14. The molecule has 134 valence electrons. The number of aryl methyl sites for hydroxylation is 1. The van der Waals surface area contributed by atoms with E-state index < -0.39 is 0 Å². The molecule has 2 aromatic heterocycles. The van der Waals surface area contributed by atoms with Gasteiger partial charge in [-0.3, -0.25) is 15.1 Å². The smallest absolute Gasteiger partial charge is 0.277 e. The Labute approximate surface area is 159 Å². The monoisotopic (exact) mass is 376 g/mol. The van der Waals surface area contributed by atoms with Crippen LogP contribution in [0.3, 0.4) is 0 Å². The first kappa shape index (κ1) is 17.1. The first-order valence-corrected chi connectivity index (χ1v) is 9.15. The van der Waals surface area contributed by atoms with Crippen molar-refractivity contribution in [1.82, 2.24) is 15.0 Å². The van der Waals surface area contributed by atoms with Gasteiger partial charge >= 0.3 is 0 Å². The van der Waals surface area contributed by atoms with Crippen LogP contribution in [0.25, 0.3) is 22.3 Å². The van der Waals surface area contributed by atoms with Gasteiger partial charge < -0.3 is 4.74 Å². The lowest BCUT2D eigenvalue weighted by molar-refractivity contribution is 0.102. The molecule has 0 aliphatic rings. The number of para-hydroxylation sites is 2. The van der Waals surface area contributed by atoms with Crippen LogP contribution < -0.4 is 10.1 Å². The van der Waals surface area contributed by atoms with Crippen molar-refractivity contribution in [1.29, 1.82) is 0 Å². The van der Waals surface area contributed by atoms with E-state index in [0.717, 1.165) is 28.1 Å². The average Bonchev–Trinajstić information content (AvgIpc) is 3.16. The van der Waals surface area contributed by atoms with Gasteiger partial charge in [0.2, 0.25) is 0 Å². The van der Waals surface area contributed by atoms with Crippen molar-refractivity contribution in [2.75, 3.05) is 12.4 Å². The number of nitrogens with zero attached hydrogens (tertiary/aromatic N) is 3. The number of anilines is 1. The van der Waals surface area contributed by atoms with E-state index in [2.05, 4.69) is 20.3 Å². The number of hydrogen-bond acceptors (Lipinski definition) is 6. The lowest BCUT2D eigenvalue weighted by Crippen LogP contribution is -2.14. The molecule has 4 aromatic rings. The minimum Gasteiger partial charge on any atom is -0.496 e. The predicted molar refractivity (Wildman–Crippen MR) is 106 cm³/mol. The Hall–Kier alpha value is -3.32. The molecule has 0 bridgehead atoms. The molecule has 1 N–H and O–H groups in total. The Bertz CT molecular complexity index is 1140. The quantitative estimate of drug-likeness (QED) is 0.574. The molecule has 0 atom stereocenters. The third-order valence-electron chi connectivity index (χ3n) is 4.04. The Balaban J connectivity index is 1.58. The van der Waals surface area contributed by atoms with Crippen molar-refractivity contribution in [3.63, 3.8) is 0 Å². The molecule has 0 fully saturated rings. The van der Waals surface area contributed by atoms with Crippen LogP contribution in [0.2, 0.25) is 0 Å². The zero-order valence-corrected chi connectivity index (χ0v) is 15.6. The minimum absolute atomic E-state index is 0.249. The van der Waals surface area contributed by atoms with Crippen LogP contribution in [0.5, 0.6) is 5.75 Å². The average molecular weight is 376 g/mol. The SMILES string of the molecule is COc1ccc(C)cc1-c1csc(NC(=O)c2cnc3ccccc3n2)n1. The Morgan fingerprint density at radius 3 is 2.74 bits per heavy atom. The third-order valence-corrected chi connectivity index (χ3v) is 4.79. The maximum atomic E-state index is 12.5. The Morgan fingerprint density at radius 2 is 1.93 bits per heavy atom. The molecular weight excluding hydrogens is 360 g/mol. The molecular formula is C20H16N4O2S. The van der Waals surface area contributed by atoms with Crippen LogP contribution in [0, 0.1) is 6.92 Å². The Morgan fingerprint density at radius 1 is 1.11 bits per heavy atom. The molecule has 0 aliphatic heterocycles. The molecule has 7 heteroatoms. The topological polar surface area (TPSA) is 77.0 Å². The normalized spacial score (nSPS) is 10.7. The summed E-state index contributed by atoms with van der Waals surface area (Å²) >= 11 is 1.35. The largest absolute Gasteiger partial charge is 0.496 e. The van der Waals surface area contributed by atoms with Gasteiger partial charge in [0.05, 0.1) is 30.0 Å². The molecule has 2 aromatic carbocycles. The summed E-state index contributed by atoms with van der Waals surface area (Å²) in [5.41, 5.74) is 4.42. The second-order valence-corrected chi connectivity index (χ2v) is 6.80. The molecule has 1 amide bonds. The summed E-state index contributed by atoms with van der Waals surface area (Å²) in [6, 6.07) is 13.3. The molecule has 6 nitrogen and oxygen atoms in total. The van der Waals surface area contributed by atoms with E-state index in [-0.39, 0.29) is 11.6 Å². The highest BCUT2D eigenvalue weighted by Crippen LogP contribution is 2.33. The third kappa shape index (κ3) is 3.50. The summed E-state index contributed by atoms with van der Waals surface area (Å²) in [5.74, 6) is 0.398. The van der Waals surface area contributed by atoms with Crippen LogP contribution in [-0.4, -0.2) is 28.0 Å². The molecule has 0 unspecified atom stereocenters. The number of hydrogen-bond donors (Lipinski definition) is 1. The maximum Gasteiger partial charge on any atom is 0.277 e. The standard InChI is InChI=1S/C20H16N4O2S/c1-12-7-8-18(26-2)13(9-12)17-11-27-20(23-17)24-19(25)16-10-21-14-5-3-4-6-15(14)22-16/h3-11H,1-2H3,(H,23,24,25). The van der Waals surface area contributed by atoms with Crippen LogP contribution in [0.15, 0.2) is 54.0 Å². The molecule has 0 saturated heterocycles. The van der Waals surface area contributed by atoms with Crippen molar-refractivity contribution in [3.8, 4) is 17.0 Å². The van der Waals surface area contributed by atoms with Crippen molar-refractivity contribution < 1.29 is 9.53 Å². The van der Waals surface area contributed by atoms with Crippen LogP contribution >= 0.6 is 11.3 Å². The van der Waals surface area contributed by atoms with Gasteiger partial charge in [0.25, 0.3) is 5.91 Å². The first-order valence-electron chi connectivity index (χ1n) is 8.28. The van der Waals surface area contributed by atoms with E-state index in [1.165, 1.54) is 17.5 Å². The van der Waals surface area contributed by atoms with Crippen molar-refractivity contribution in [2.24, 2.45) is 0 Å². The van der Waals surface area contributed by atoms with Crippen LogP contribution in [-0.2, 0) is 0 Å². The number of benzene rings is 2. The summed E-state index contributed by atoms with van der Waals surface area (Å²) in [7, 11) is 1.63. The summed E-state index contributed by atoms with van der Waals surface area (Å²) < 4.78 is 5.41. The van der Waals surface area contributed by atoms with E-state index >= 15 is 0 Å². The number of methoxy groups -OCH3 is 1. The molecule has 0 spiro atoms. The van der Waals surface area contributed by atoms with Crippen LogP contribution in [0.1, 0.15) is 16.1 Å². The van der Waals surface area contributed by atoms with E-state index in [1.807, 2.05) is 54.8 Å². The molecule has 2 heterocycles. The van der Waals surface area contributed by atoms with E-state index in [1.54, 1.807) is 7.11 Å². The second kappa shape index (κ2) is 7.13. The Kier molecular flexibility index (Phi) is 4.52. The van der Waals surface area contributed by atoms with Gasteiger partial charge in [-0.1, -0.05) is 23.8 Å². The van der Waals surface area contributed by atoms with E-state index in [9.17, 15) is 4.79 Å². The summed E-state index contributed by atoms with van der Waals surface area (Å²) in [5, 5.41) is 5.17. The number of carbonyl (C=O) groups is 1.